The molecule has 0 radical (unpaired) electrons. The standard InChI is InChI=1S/C14H21N5O3/c1-22-9-8-18-6-2-4-14(13(18)21)5-3-7-19(14)12(20)11-10-15-17-16-11/h10H,2-9H2,1H3,(H,15,16,17). The van der Waals surface area contributed by atoms with Crippen molar-refractivity contribution in [2.24, 2.45) is 0 Å². The lowest BCUT2D eigenvalue weighted by molar-refractivity contribution is -0.146. The monoisotopic (exact) mass is 307 g/mol. The predicted octanol–water partition coefficient (Wildman–Crippen LogP) is 0.0483. The van der Waals surface area contributed by atoms with Gasteiger partial charge in [0.25, 0.3) is 5.91 Å². The minimum absolute atomic E-state index is 0.0464. The second-order valence-electron chi connectivity index (χ2n) is 5.84. The summed E-state index contributed by atoms with van der Waals surface area (Å²) in [6, 6.07) is 0. The summed E-state index contributed by atoms with van der Waals surface area (Å²) in [4.78, 5) is 29.1. The number of likely N-dealkylation sites (tertiary alicyclic amines) is 2. The summed E-state index contributed by atoms with van der Waals surface area (Å²) in [6.45, 7) is 2.41. The lowest BCUT2D eigenvalue weighted by Gasteiger charge is -2.44. The Kier molecular flexibility index (Phi) is 4.10. The zero-order valence-electron chi connectivity index (χ0n) is 12.7. The first kappa shape index (κ1) is 15.0. The van der Waals surface area contributed by atoms with Crippen molar-refractivity contribution in [3.63, 3.8) is 0 Å². The fourth-order valence-corrected chi connectivity index (χ4v) is 3.58. The molecule has 1 aromatic heterocycles. The van der Waals surface area contributed by atoms with Crippen molar-refractivity contribution in [1.82, 2.24) is 25.2 Å². The van der Waals surface area contributed by atoms with Crippen LogP contribution in [0.2, 0.25) is 0 Å². The minimum atomic E-state index is -0.706. The van der Waals surface area contributed by atoms with Gasteiger partial charge in [-0.05, 0) is 25.7 Å². The molecule has 0 bridgehead atoms. The van der Waals surface area contributed by atoms with Gasteiger partial charge < -0.3 is 14.5 Å². The van der Waals surface area contributed by atoms with Crippen LogP contribution >= 0.6 is 0 Å². The Morgan fingerprint density at radius 2 is 2.18 bits per heavy atom. The zero-order valence-corrected chi connectivity index (χ0v) is 12.7. The van der Waals surface area contributed by atoms with Crippen LogP contribution in [0.5, 0.6) is 0 Å². The largest absolute Gasteiger partial charge is 0.383 e. The number of ether oxygens (including phenoxy) is 1. The Hall–Kier alpha value is -1.96. The normalized spacial score (nSPS) is 25.2. The van der Waals surface area contributed by atoms with E-state index in [0.29, 0.717) is 19.7 Å². The second kappa shape index (κ2) is 6.04. The van der Waals surface area contributed by atoms with Gasteiger partial charge in [-0.3, -0.25) is 9.59 Å². The molecule has 8 heteroatoms. The van der Waals surface area contributed by atoms with Crippen LogP contribution in [0, 0.1) is 0 Å². The van der Waals surface area contributed by atoms with Crippen LogP contribution < -0.4 is 0 Å². The third-order valence-corrected chi connectivity index (χ3v) is 4.64. The van der Waals surface area contributed by atoms with Crippen LogP contribution in [0.4, 0.5) is 0 Å². The van der Waals surface area contributed by atoms with Gasteiger partial charge in [-0.2, -0.15) is 15.4 Å². The van der Waals surface area contributed by atoms with E-state index in [1.165, 1.54) is 6.20 Å². The average Bonchev–Trinajstić information content (AvgIpc) is 3.18. The topological polar surface area (TPSA) is 91.4 Å². The molecule has 3 heterocycles. The average molecular weight is 307 g/mol. The van der Waals surface area contributed by atoms with E-state index < -0.39 is 5.54 Å². The lowest BCUT2D eigenvalue weighted by Crippen LogP contribution is -2.61. The van der Waals surface area contributed by atoms with Gasteiger partial charge in [0.1, 0.15) is 5.54 Å². The van der Waals surface area contributed by atoms with Crippen molar-refractivity contribution in [1.29, 1.82) is 0 Å². The Bertz CT molecular complexity index is 547. The molecule has 2 aliphatic rings. The highest BCUT2D eigenvalue weighted by atomic mass is 16.5. The number of H-pyrrole nitrogens is 1. The quantitative estimate of drug-likeness (QED) is 0.848. The van der Waals surface area contributed by atoms with E-state index in [9.17, 15) is 9.59 Å². The van der Waals surface area contributed by atoms with Crippen LogP contribution in [0.25, 0.3) is 0 Å². The fourth-order valence-electron chi connectivity index (χ4n) is 3.58. The minimum Gasteiger partial charge on any atom is -0.383 e. The molecule has 2 fully saturated rings. The summed E-state index contributed by atoms with van der Waals surface area (Å²) in [6.07, 6.45) is 4.59. The number of methoxy groups -OCH3 is 1. The third kappa shape index (κ3) is 2.37. The van der Waals surface area contributed by atoms with Crippen LogP contribution in [0.15, 0.2) is 6.20 Å². The molecule has 0 aromatic carbocycles. The number of rotatable bonds is 4. The van der Waals surface area contributed by atoms with Crippen molar-refractivity contribution in [2.45, 2.75) is 31.2 Å². The summed E-state index contributed by atoms with van der Waals surface area (Å²) >= 11 is 0. The molecule has 8 nitrogen and oxygen atoms in total. The van der Waals surface area contributed by atoms with Gasteiger partial charge in [-0.25, -0.2) is 0 Å². The number of piperidine rings is 1. The van der Waals surface area contributed by atoms with Crippen molar-refractivity contribution in [3.05, 3.63) is 11.9 Å². The molecule has 2 aliphatic heterocycles. The maximum atomic E-state index is 13.0. The Balaban J connectivity index is 1.83. The SMILES string of the molecule is COCCN1CCCC2(CCCN2C(=O)c2cn[nH]n2)C1=O. The molecular formula is C14H21N5O3. The fraction of sp³-hybridized carbons (Fsp3) is 0.714. The molecule has 1 spiro atoms. The van der Waals surface area contributed by atoms with Crippen LogP contribution in [-0.4, -0.2) is 75.9 Å². The van der Waals surface area contributed by atoms with Gasteiger partial charge in [-0.1, -0.05) is 0 Å². The van der Waals surface area contributed by atoms with Crippen LogP contribution in [0.1, 0.15) is 36.2 Å². The number of aromatic amines is 1. The highest BCUT2D eigenvalue weighted by Crippen LogP contribution is 2.38. The number of amides is 2. The van der Waals surface area contributed by atoms with Gasteiger partial charge in [0, 0.05) is 26.7 Å². The zero-order chi connectivity index (χ0) is 15.6. The number of nitrogens with zero attached hydrogens (tertiary/aromatic N) is 4. The molecule has 1 atom stereocenters. The van der Waals surface area contributed by atoms with E-state index in [0.717, 1.165) is 32.2 Å². The smallest absolute Gasteiger partial charge is 0.276 e. The molecule has 1 aromatic rings. The number of aromatic nitrogens is 3. The number of hydrogen-bond acceptors (Lipinski definition) is 5. The third-order valence-electron chi connectivity index (χ3n) is 4.64. The van der Waals surface area contributed by atoms with Gasteiger partial charge >= 0.3 is 0 Å². The van der Waals surface area contributed by atoms with Gasteiger partial charge in [0.2, 0.25) is 5.91 Å². The van der Waals surface area contributed by atoms with Gasteiger partial charge in [0.05, 0.1) is 12.8 Å². The molecule has 1 N–H and O–H groups in total. The first-order chi connectivity index (χ1) is 10.7. The Morgan fingerprint density at radius 3 is 2.86 bits per heavy atom. The van der Waals surface area contributed by atoms with E-state index in [-0.39, 0.29) is 17.5 Å². The van der Waals surface area contributed by atoms with E-state index in [2.05, 4.69) is 15.4 Å². The van der Waals surface area contributed by atoms with Gasteiger partial charge in [0.15, 0.2) is 5.69 Å². The molecule has 0 aliphatic carbocycles. The molecule has 120 valence electrons. The van der Waals surface area contributed by atoms with E-state index in [4.69, 9.17) is 4.74 Å². The summed E-state index contributed by atoms with van der Waals surface area (Å²) in [5.41, 5.74) is -0.440. The molecule has 0 saturated carbocycles. The van der Waals surface area contributed by atoms with Crippen molar-refractivity contribution >= 4 is 11.8 Å². The number of hydrogen-bond donors (Lipinski definition) is 1. The molecular weight excluding hydrogens is 286 g/mol. The first-order valence-corrected chi connectivity index (χ1v) is 7.65. The van der Waals surface area contributed by atoms with E-state index in [1.54, 1.807) is 12.0 Å². The highest BCUT2D eigenvalue weighted by molar-refractivity contribution is 5.98. The van der Waals surface area contributed by atoms with Crippen molar-refractivity contribution in [2.75, 3.05) is 33.4 Å². The summed E-state index contributed by atoms with van der Waals surface area (Å²) in [7, 11) is 1.63. The molecule has 1 unspecified atom stereocenters. The van der Waals surface area contributed by atoms with Crippen molar-refractivity contribution in [3.8, 4) is 0 Å². The highest BCUT2D eigenvalue weighted by Gasteiger charge is 2.53. The summed E-state index contributed by atoms with van der Waals surface area (Å²) < 4.78 is 5.08. The maximum Gasteiger partial charge on any atom is 0.276 e. The number of carbonyl (C=O) groups is 2. The van der Waals surface area contributed by atoms with E-state index >= 15 is 0 Å². The van der Waals surface area contributed by atoms with Crippen molar-refractivity contribution < 1.29 is 14.3 Å². The number of carbonyl (C=O) groups excluding carboxylic acids is 2. The predicted molar refractivity (Wildman–Crippen MR) is 77.1 cm³/mol. The maximum absolute atomic E-state index is 13.0. The first-order valence-electron chi connectivity index (χ1n) is 7.65. The van der Waals surface area contributed by atoms with Crippen LogP contribution in [0.3, 0.4) is 0 Å². The number of nitrogens with one attached hydrogen (secondary N) is 1. The van der Waals surface area contributed by atoms with Gasteiger partial charge in [-0.15, -0.1) is 0 Å². The Labute approximate surface area is 128 Å². The molecule has 22 heavy (non-hydrogen) atoms. The molecule has 3 rings (SSSR count). The molecule has 2 amide bonds. The van der Waals surface area contributed by atoms with E-state index in [1.807, 2.05) is 4.90 Å². The summed E-state index contributed by atoms with van der Waals surface area (Å²) in [5.74, 6) is -0.168. The Morgan fingerprint density at radius 1 is 1.41 bits per heavy atom. The lowest BCUT2D eigenvalue weighted by atomic mass is 9.85. The summed E-state index contributed by atoms with van der Waals surface area (Å²) in [5, 5.41) is 10.0. The molecule has 2 saturated heterocycles. The van der Waals surface area contributed by atoms with Crippen LogP contribution in [-0.2, 0) is 9.53 Å². The second-order valence-corrected chi connectivity index (χ2v) is 5.84.